The Hall–Kier alpha value is -6.15. The Kier molecular flexibility index (Phi) is 16.0. The Labute approximate surface area is 429 Å². The van der Waals surface area contributed by atoms with E-state index < -0.39 is 0 Å². The average molecular weight is 993 g/mol. The van der Waals surface area contributed by atoms with Gasteiger partial charge in [-0.25, -0.2) is 0 Å². The molecule has 72 heavy (non-hydrogen) atoms. The van der Waals surface area contributed by atoms with Crippen LogP contribution in [-0.4, -0.2) is 93.0 Å². The van der Waals surface area contributed by atoms with Crippen molar-refractivity contribution in [2.24, 2.45) is 4.99 Å². The molecule has 13 heteroatoms. The maximum Gasteiger partial charge on any atom is 0.261 e. The smallest absolute Gasteiger partial charge is 0.261 e. The number of hydrogen-bond donors (Lipinski definition) is 0. The number of ketones is 1. The number of nitrogens with zero attached hydrogens (tertiary/aromatic N) is 4. The van der Waals surface area contributed by atoms with Crippen molar-refractivity contribution >= 4 is 58.3 Å². The number of rotatable bonds is 23. The number of aliphatic imine (C=N–C) groups is 1. The van der Waals surface area contributed by atoms with Crippen molar-refractivity contribution < 1.29 is 38.1 Å². The molecule has 0 unspecified atom stereocenters. The van der Waals surface area contributed by atoms with Gasteiger partial charge in [0.1, 0.15) is 24.7 Å². The molecule has 5 aromatic carbocycles. The molecule has 4 aliphatic rings. The molecule has 0 aliphatic carbocycles. The largest absolute Gasteiger partial charge is 0.493 e. The van der Waals surface area contributed by atoms with Crippen LogP contribution in [0.15, 0.2) is 96.0 Å². The van der Waals surface area contributed by atoms with Gasteiger partial charge in [-0.1, -0.05) is 43.3 Å². The zero-order chi connectivity index (χ0) is 50.4. The molecule has 4 heterocycles. The quantitative estimate of drug-likeness (QED) is 0.0585. The van der Waals surface area contributed by atoms with Crippen molar-refractivity contribution in [2.75, 3.05) is 67.1 Å². The van der Waals surface area contributed by atoms with Gasteiger partial charge in [0.2, 0.25) is 0 Å². The minimum atomic E-state index is -0.165. The van der Waals surface area contributed by atoms with E-state index in [0.717, 1.165) is 89.2 Å². The Morgan fingerprint density at radius 1 is 0.778 bits per heavy atom. The highest BCUT2D eigenvalue weighted by Gasteiger charge is 2.39. The summed E-state index contributed by atoms with van der Waals surface area (Å²) in [4.78, 5) is 51.3. The maximum atomic E-state index is 14.3. The molecule has 0 aromatic heterocycles. The predicted octanol–water partition coefficient (Wildman–Crippen LogP) is 11.1. The van der Waals surface area contributed by atoms with Crippen molar-refractivity contribution in [3.63, 3.8) is 0 Å². The number of hydrogen-bond acceptors (Lipinski definition) is 11. The Balaban J connectivity index is 0.999. The van der Waals surface area contributed by atoms with Gasteiger partial charge in [0.15, 0.2) is 11.5 Å². The molecule has 12 nitrogen and oxygen atoms in total. The number of fused-ring (bicyclic) bond motifs is 8. The van der Waals surface area contributed by atoms with Crippen molar-refractivity contribution in [1.29, 1.82) is 0 Å². The fourth-order valence-corrected chi connectivity index (χ4v) is 11.5. The lowest BCUT2D eigenvalue weighted by molar-refractivity contribution is -0.117. The van der Waals surface area contributed by atoms with Crippen molar-refractivity contribution in [3.05, 3.63) is 136 Å². The summed E-state index contributed by atoms with van der Waals surface area (Å²) in [6, 6.07) is 30.3. The molecule has 0 saturated carbocycles. The third-order valence-electron chi connectivity index (χ3n) is 14.0. The van der Waals surface area contributed by atoms with Crippen LogP contribution in [0, 0.1) is 6.92 Å². The topological polar surface area (TPSA) is 119 Å². The van der Waals surface area contributed by atoms with Crippen LogP contribution in [0.3, 0.4) is 0 Å². The van der Waals surface area contributed by atoms with Crippen LogP contribution in [0.2, 0.25) is 0 Å². The summed E-state index contributed by atoms with van der Waals surface area (Å²) in [7, 11) is 1.61. The number of amides is 2. The highest BCUT2D eigenvalue weighted by atomic mass is 32.2. The highest BCUT2D eigenvalue weighted by molar-refractivity contribution is 8.00. The Bertz CT molecular complexity index is 2830. The van der Waals surface area contributed by atoms with E-state index in [1.807, 2.05) is 95.4 Å². The van der Waals surface area contributed by atoms with Crippen LogP contribution >= 0.6 is 11.8 Å². The van der Waals surface area contributed by atoms with E-state index >= 15 is 0 Å². The molecular formula is C59H68N4O8S. The summed E-state index contributed by atoms with van der Waals surface area (Å²) in [6.07, 6.45) is 7.42. The lowest BCUT2D eigenvalue weighted by atomic mass is 9.99. The van der Waals surface area contributed by atoms with E-state index in [2.05, 4.69) is 56.0 Å². The van der Waals surface area contributed by atoms with Gasteiger partial charge >= 0.3 is 0 Å². The number of para-hydroxylation sites is 2. The lowest BCUT2D eigenvalue weighted by Crippen LogP contribution is -2.39. The normalized spacial score (nSPS) is 16.5. The molecule has 9 rings (SSSR count). The lowest BCUT2D eigenvalue weighted by Gasteiger charge is -2.34. The molecule has 4 aliphatic heterocycles. The van der Waals surface area contributed by atoms with Crippen LogP contribution in [0.5, 0.6) is 17.2 Å². The number of carbonyl (C=O) groups is 3. The summed E-state index contributed by atoms with van der Waals surface area (Å²) >= 11 is 1.87. The molecule has 2 atom stereocenters. The van der Waals surface area contributed by atoms with Gasteiger partial charge in [-0.05, 0) is 147 Å². The number of carbonyl (C=O) groups excluding carboxylic acids is 3. The first-order valence-electron chi connectivity index (χ1n) is 25.5. The number of aryl methyl sites for hydroxylation is 2. The number of ether oxygens (including phenoxy) is 5. The van der Waals surface area contributed by atoms with Crippen LogP contribution in [0.4, 0.5) is 22.7 Å². The monoisotopic (exact) mass is 992 g/mol. The first-order valence-corrected chi connectivity index (χ1v) is 26.5. The van der Waals surface area contributed by atoms with Gasteiger partial charge in [-0.2, -0.15) is 11.8 Å². The first kappa shape index (κ1) is 50.8. The molecule has 2 amide bonds. The van der Waals surface area contributed by atoms with E-state index in [1.165, 1.54) is 5.56 Å². The zero-order valence-electron chi connectivity index (χ0n) is 42.7. The third kappa shape index (κ3) is 11.5. The average Bonchev–Trinajstić information content (AvgIpc) is 3.87. The number of benzene rings is 5. The molecule has 0 saturated heterocycles. The summed E-state index contributed by atoms with van der Waals surface area (Å²) < 4.78 is 31.0. The Morgan fingerprint density at radius 2 is 1.46 bits per heavy atom. The second-order valence-electron chi connectivity index (χ2n) is 20.0. The number of thioether (sulfide) groups is 1. The molecule has 0 N–H and O–H groups in total. The van der Waals surface area contributed by atoms with Crippen molar-refractivity contribution in [3.8, 4) is 17.2 Å². The second kappa shape index (κ2) is 22.7. The van der Waals surface area contributed by atoms with Crippen LogP contribution < -0.4 is 28.9 Å². The standard InChI is InChI=1S/C59H68N4O8S/c1-7-21-68-23-24-69-22-20-61(38-59(4,5)72-25-12-13-40(3)64)47-28-41(36-70-54-34-51-50(26-39(54)2)58(66)63-48(35-60-51)31-45-15-9-11-17-53(45)63)27-42(29-47)37-71-56-32-43-18-19-46-30-44-14-8-10-16-52(44)62(46)57(65)49(43)33-55(56)67-6/h8-11,14-17,26-29,32-35,46,48H,7,12-13,18-25,30-31,36-38H2,1-6H3/t46-,48+/m1/s1. The summed E-state index contributed by atoms with van der Waals surface area (Å²) in [6.45, 7) is 14.3. The Morgan fingerprint density at radius 3 is 2.18 bits per heavy atom. The maximum absolute atomic E-state index is 14.3. The summed E-state index contributed by atoms with van der Waals surface area (Å²) in [5, 5.41) is 0. The molecule has 0 spiro atoms. The zero-order valence-corrected chi connectivity index (χ0v) is 43.5. The van der Waals surface area contributed by atoms with E-state index in [0.29, 0.717) is 80.0 Å². The number of methoxy groups -OCH3 is 1. The molecule has 5 aromatic rings. The van der Waals surface area contributed by atoms with Crippen LogP contribution in [0.1, 0.15) is 107 Å². The van der Waals surface area contributed by atoms with Gasteiger partial charge in [0.05, 0.1) is 44.2 Å². The molecule has 0 bridgehead atoms. The molecule has 0 fully saturated rings. The van der Waals surface area contributed by atoms with Crippen LogP contribution in [-0.2, 0) is 46.7 Å². The minimum Gasteiger partial charge on any atom is -0.493 e. The number of anilines is 3. The summed E-state index contributed by atoms with van der Waals surface area (Å²) in [5.41, 5.74) is 10.7. The van der Waals surface area contributed by atoms with Gasteiger partial charge in [-0.3, -0.25) is 19.5 Å². The van der Waals surface area contributed by atoms with Gasteiger partial charge in [-0.15, -0.1) is 0 Å². The first-order chi connectivity index (χ1) is 34.9. The predicted molar refractivity (Wildman–Crippen MR) is 288 cm³/mol. The van der Waals surface area contributed by atoms with E-state index in [1.54, 1.807) is 14.0 Å². The van der Waals surface area contributed by atoms with E-state index in [-0.39, 0.29) is 47.6 Å². The van der Waals surface area contributed by atoms with Gasteiger partial charge < -0.3 is 38.3 Å². The van der Waals surface area contributed by atoms with E-state index in [9.17, 15) is 14.4 Å². The summed E-state index contributed by atoms with van der Waals surface area (Å²) in [5.74, 6) is 2.74. The van der Waals surface area contributed by atoms with Crippen LogP contribution in [0.25, 0.3) is 0 Å². The van der Waals surface area contributed by atoms with Gasteiger partial charge in [0.25, 0.3) is 11.8 Å². The van der Waals surface area contributed by atoms with Crippen molar-refractivity contribution in [2.45, 2.75) is 110 Å². The minimum absolute atomic E-state index is 0.00799. The SMILES string of the molecule is CCCOCCOCCN(CC(C)(C)SCCCC(C)=O)c1cc(COc2cc3c(cc2C)C(=O)N2c4ccccc4C[C@H]2C=N3)cc(COc2cc3c(cc2OC)C(=O)N2c4ccccc4C[C@H]2CC3)c1. The fourth-order valence-electron chi connectivity index (χ4n) is 10.4. The fraction of sp³-hybridized carbons (Fsp3) is 0.424. The molecule has 378 valence electrons. The molecular weight excluding hydrogens is 925 g/mol. The molecule has 0 radical (unpaired) electrons. The number of Topliss-reactive ketones (excluding diaryl/α,β-unsaturated/α-hetero) is 1. The highest BCUT2D eigenvalue weighted by Crippen LogP contribution is 2.42. The third-order valence-corrected chi connectivity index (χ3v) is 15.4. The van der Waals surface area contributed by atoms with Crippen molar-refractivity contribution in [1.82, 2.24) is 0 Å². The van der Waals surface area contributed by atoms with Gasteiger partial charge in [0, 0.05) is 78.2 Å². The van der Waals surface area contributed by atoms with E-state index in [4.69, 9.17) is 28.7 Å². The second-order valence-corrected chi connectivity index (χ2v) is 21.8.